The van der Waals surface area contributed by atoms with Crippen molar-refractivity contribution in [3.8, 4) is 0 Å². The summed E-state index contributed by atoms with van der Waals surface area (Å²) in [7, 11) is -25.4. The summed E-state index contributed by atoms with van der Waals surface area (Å²) in [6.45, 7) is 0. The summed E-state index contributed by atoms with van der Waals surface area (Å²) in [5.41, 5.74) is 0. The second-order valence-corrected chi connectivity index (χ2v) is 5.25. The van der Waals surface area contributed by atoms with Crippen LogP contribution in [0.2, 0.25) is 0 Å². The van der Waals surface area contributed by atoms with Crippen LogP contribution in [0.4, 0.5) is 0 Å². The number of rotatable bonds is 0. The maximum Gasteiger partial charge on any atom is 3.00 e. The fourth-order valence-corrected chi connectivity index (χ4v) is 0. The molecule has 0 saturated heterocycles. The predicted octanol–water partition coefficient (Wildman–Crippen LogP) is -20.9. The molecular formula is Al2Cu2O21Si7Zn2. The van der Waals surface area contributed by atoms with Gasteiger partial charge in [0.25, 0.3) is 0 Å². The van der Waals surface area contributed by atoms with Gasteiger partial charge in [-0.15, -0.1) is 0 Å². The molecule has 0 aromatic heterocycles. The molecule has 0 amide bonds. The molecule has 34 heavy (non-hydrogen) atoms. The summed E-state index contributed by atoms with van der Waals surface area (Å²) in [6, 6.07) is 0. The fraction of sp³-hybridized carbons (Fsp3) is 0. The van der Waals surface area contributed by atoms with Crippen LogP contribution in [0.25, 0.3) is 0 Å². The standard InChI is InChI=1S/2Al.2Cu.7O3Si.2Zn/c;;;;7*1-4(2)3;;/q2*+3;2*+2;7*-2;2*+2. The Morgan fingerprint density at radius 1 is 0.265 bits per heavy atom. The Morgan fingerprint density at radius 3 is 0.265 bits per heavy atom. The van der Waals surface area contributed by atoms with Crippen LogP contribution in [0.15, 0.2) is 0 Å². The molecule has 186 valence electrons. The van der Waals surface area contributed by atoms with Crippen LogP contribution >= 0.6 is 0 Å². The first-order valence-electron chi connectivity index (χ1n) is 4.29. The van der Waals surface area contributed by atoms with Gasteiger partial charge in [-0.05, 0) is 0 Å². The summed E-state index contributed by atoms with van der Waals surface area (Å²) >= 11 is 0. The molecule has 2 radical (unpaired) electrons. The van der Waals surface area contributed by atoms with Gasteiger partial charge in [0.2, 0.25) is 0 Å². The fourth-order valence-electron chi connectivity index (χ4n) is 0. The summed E-state index contributed by atoms with van der Waals surface area (Å²) < 4.78 is 59.6. The van der Waals surface area contributed by atoms with Crippen molar-refractivity contribution in [1.29, 1.82) is 0 Å². The third-order valence-corrected chi connectivity index (χ3v) is 0. The first-order valence-corrected chi connectivity index (χ1v) is 12.9. The molecule has 0 N–H and O–H groups in total. The molecule has 0 aromatic rings. The van der Waals surface area contributed by atoms with Gasteiger partial charge in [0, 0.05) is 64.2 Å². The molecule has 0 aliphatic carbocycles. The van der Waals surface area contributed by atoms with Crippen molar-refractivity contribution in [3.63, 3.8) is 0 Å². The van der Waals surface area contributed by atoms with Gasteiger partial charge < -0.3 is 98.4 Å². The molecule has 0 spiro atoms. The largest absolute Gasteiger partial charge is 3.00 e. The number of hydrogen-bond acceptors (Lipinski definition) is 21. The third-order valence-electron chi connectivity index (χ3n) is 0. The Labute approximate surface area is 267 Å². The van der Waals surface area contributed by atoms with E-state index in [1.807, 2.05) is 0 Å². The molecule has 0 fully saturated rings. The quantitative estimate of drug-likeness (QED) is 0.204. The average molecular weight is 844 g/mol. The van der Waals surface area contributed by atoms with Gasteiger partial charge >= 0.3 is 108 Å². The van der Waals surface area contributed by atoms with Crippen molar-refractivity contribution in [3.05, 3.63) is 0 Å². The van der Waals surface area contributed by atoms with Crippen LogP contribution in [0.5, 0.6) is 0 Å². The van der Waals surface area contributed by atoms with Crippen LogP contribution in [-0.2, 0) is 104 Å². The monoisotopic (exact) mass is 839 g/mol. The van der Waals surface area contributed by atoms with E-state index in [9.17, 15) is 0 Å². The SMILES string of the molecule is O=[Si]([O-])[O-].O=[Si]([O-])[O-].O=[Si]([O-])[O-].O=[Si]([O-])[O-].O=[Si]([O-])[O-].O=[Si]([O-])[O-].O=[Si]([O-])[O-].[Al+3].[Al+3].[Cu+2].[Cu+2].[Zn+2].[Zn+2]. The van der Waals surface area contributed by atoms with Crippen molar-refractivity contribution in [2.75, 3.05) is 0 Å². The molecule has 0 rings (SSSR count). The van der Waals surface area contributed by atoms with E-state index in [2.05, 4.69) is 0 Å². The number of hydrogen-bond donors (Lipinski definition) is 0. The molecule has 0 bridgehead atoms. The second kappa shape index (κ2) is 76.5. The van der Waals surface area contributed by atoms with E-state index in [0.29, 0.717) is 0 Å². The Kier molecular flexibility index (Phi) is 188. The maximum absolute atomic E-state index is 8.52. The average Bonchev–Trinajstić information content (AvgIpc) is 2.20. The van der Waals surface area contributed by atoms with Crippen molar-refractivity contribution in [1.82, 2.24) is 0 Å². The van der Waals surface area contributed by atoms with Crippen LogP contribution in [0.1, 0.15) is 0 Å². The van der Waals surface area contributed by atoms with E-state index >= 15 is 0 Å². The van der Waals surface area contributed by atoms with E-state index in [-0.39, 0.29) is 108 Å². The maximum atomic E-state index is 8.52. The zero-order chi connectivity index (χ0) is 25.0. The summed E-state index contributed by atoms with van der Waals surface area (Å²) in [6.07, 6.45) is 0. The Morgan fingerprint density at radius 2 is 0.265 bits per heavy atom. The first kappa shape index (κ1) is 83.7. The van der Waals surface area contributed by atoms with Gasteiger partial charge in [0.15, 0.2) is 0 Å². The molecule has 21 nitrogen and oxygen atoms in total. The molecule has 0 heterocycles. The van der Waals surface area contributed by atoms with Crippen LogP contribution in [-0.4, -0.2) is 98.9 Å². The van der Waals surface area contributed by atoms with Gasteiger partial charge in [-0.2, -0.15) is 0 Å². The van der Waals surface area contributed by atoms with Gasteiger partial charge in [-0.1, -0.05) is 0 Å². The van der Waals surface area contributed by atoms with E-state index in [0.717, 1.165) is 0 Å². The van der Waals surface area contributed by atoms with Crippen LogP contribution in [0.3, 0.4) is 0 Å². The smallest absolute Gasteiger partial charge is 0.672 e. The van der Waals surface area contributed by atoms with Crippen LogP contribution < -0.4 is 67.1 Å². The first-order chi connectivity index (χ1) is 12.1. The molecule has 0 atom stereocenters. The second-order valence-electron chi connectivity index (χ2n) is 1.75. The molecule has 0 unspecified atom stereocenters. The van der Waals surface area contributed by atoms with Gasteiger partial charge in [0.05, 0.1) is 0 Å². The molecule has 0 aliphatic rings. The minimum absolute atomic E-state index is 0. The minimum atomic E-state index is -3.63. The molecular weight excluding hydrogens is 844 g/mol. The third kappa shape index (κ3) is 73200. The molecule has 34 heteroatoms. The minimum Gasteiger partial charge on any atom is -0.672 e. The summed E-state index contributed by atoms with van der Waals surface area (Å²) in [4.78, 5) is 119. The summed E-state index contributed by atoms with van der Waals surface area (Å²) in [5.74, 6) is 0. The van der Waals surface area contributed by atoms with Gasteiger partial charge in [-0.3, -0.25) is 0 Å². The zero-order valence-corrected chi connectivity index (χ0v) is 32.4. The topological polar surface area (TPSA) is 442 Å². The van der Waals surface area contributed by atoms with Gasteiger partial charge in [0.1, 0.15) is 0 Å². The zero-order valence-electron chi connectivity index (χ0n) is 15.2. The Balaban J connectivity index is -0.0000000134. The Bertz CT molecular complexity index is 334. The van der Waals surface area contributed by atoms with Crippen molar-refractivity contribution >= 4 is 98.9 Å². The molecule has 0 aliphatic heterocycles. The molecule has 0 aromatic carbocycles. The van der Waals surface area contributed by atoms with E-state index in [1.54, 1.807) is 0 Å². The van der Waals surface area contributed by atoms with E-state index in [1.165, 1.54) is 0 Å². The van der Waals surface area contributed by atoms with Crippen molar-refractivity contribution < 1.29 is 171 Å². The molecule has 0 saturated carbocycles. The Hall–Kier alpha value is 0.669. The normalized spacial score (nSPS) is 4.94. The van der Waals surface area contributed by atoms with Gasteiger partial charge in [-0.25, -0.2) is 0 Å². The predicted molar refractivity (Wildman–Crippen MR) is 56.6 cm³/mol. The van der Waals surface area contributed by atoms with E-state index in [4.69, 9.17) is 98.4 Å². The van der Waals surface area contributed by atoms with Crippen LogP contribution in [0, 0.1) is 0 Å². The van der Waals surface area contributed by atoms with Crippen molar-refractivity contribution in [2.45, 2.75) is 0 Å². The van der Waals surface area contributed by atoms with Crippen molar-refractivity contribution in [2.24, 2.45) is 0 Å². The summed E-state index contributed by atoms with van der Waals surface area (Å²) in [5, 5.41) is 0. The van der Waals surface area contributed by atoms with E-state index < -0.39 is 64.2 Å².